The van der Waals surface area contributed by atoms with Crippen molar-refractivity contribution in [3.8, 4) is 0 Å². The van der Waals surface area contributed by atoms with Gasteiger partial charge in [-0.15, -0.1) is 0 Å². The van der Waals surface area contributed by atoms with Gasteiger partial charge in [0.05, 0.1) is 10.5 Å². The molecule has 2 heteroatoms. The van der Waals surface area contributed by atoms with Crippen LogP contribution >= 0.6 is 11.6 Å². The van der Waals surface area contributed by atoms with Gasteiger partial charge in [0.25, 0.3) is 0 Å². The lowest BCUT2D eigenvalue weighted by molar-refractivity contribution is 0.709. The summed E-state index contributed by atoms with van der Waals surface area (Å²) in [6.07, 6.45) is 5.95. The topological polar surface area (TPSA) is 12.9 Å². The monoisotopic (exact) mass is 259 g/mol. The number of aromatic nitrogens is 1. The SMILES string of the molecule is Cc1ccc(C)c2c(Cl)c3c(nc12)CCCCC3. The number of halogens is 1. The van der Waals surface area contributed by atoms with Crippen molar-refractivity contribution in [2.45, 2.75) is 46.0 Å². The Balaban J connectivity index is 2.38. The third-order valence-electron chi connectivity index (χ3n) is 4.01. The maximum atomic E-state index is 6.67. The highest BCUT2D eigenvalue weighted by Gasteiger charge is 2.17. The van der Waals surface area contributed by atoms with Crippen molar-refractivity contribution >= 4 is 22.5 Å². The molecule has 94 valence electrons. The van der Waals surface area contributed by atoms with E-state index < -0.39 is 0 Å². The largest absolute Gasteiger partial charge is 0.252 e. The van der Waals surface area contributed by atoms with E-state index in [0.717, 1.165) is 28.8 Å². The van der Waals surface area contributed by atoms with Gasteiger partial charge in [-0.2, -0.15) is 0 Å². The Morgan fingerprint density at radius 2 is 1.72 bits per heavy atom. The van der Waals surface area contributed by atoms with Gasteiger partial charge in [-0.3, -0.25) is 4.98 Å². The molecule has 0 saturated carbocycles. The first-order valence-electron chi connectivity index (χ1n) is 6.75. The Morgan fingerprint density at radius 1 is 1.00 bits per heavy atom. The molecule has 1 aromatic heterocycles. The third kappa shape index (κ3) is 1.81. The Labute approximate surface area is 113 Å². The van der Waals surface area contributed by atoms with E-state index in [9.17, 15) is 0 Å². The van der Waals surface area contributed by atoms with Crippen LogP contribution in [-0.2, 0) is 12.8 Å². The number of nitrogens with zero attached hydrogens (tertiary/aromatic N) is 1. The van der Waals surface area contributed by atoms with Crippen molar-refractivity contribution in [2.75, 3.05) is 0 Å². The van der Waals surface area contributed by atoms with Gasteiger partial charge >= 0.3 is 0 Å². The fourth-order valence-corrected chi connectivity index (χ4v) is 3.37. The molecule has 2 aromatic rings. The lowest BCUT2D eigenvalue weighted by Gasteiger charge is -2.14. The minimum absolute atomic E-state index is 0.957. The summed E-state index contributed by atoms with van der Waals surface area (Å²) in [6, 6.07) is 4.29. The summed E-state index contributed by atoms with van der Waals surface area (Å²) in [4.78, 5) is 4.91. The number of rotatable bonds is 0. The van der Waals surface area contributed by atoms with Crippen molar-refractivity contribution in [3.63, 3.8) is 0 Å². The molecule has 0 spiro atoms. The van der Waals surface area contributed by atoms with Crippen molar-refractivity contribution in [3.05, 3.63) is 39.5 Å². The van der Waals surface area contributed by atoms with Gasteiger partial charge in [0, 0.05) is 11.1 Å². The predicted molar refractivity (Wildman–Crippen MR) is 77.5 cm³/mol. The maximum Gasteiger partial charge on any atom is 0.0752 e. The molecule has 0 aliphatic heterocycles. The highest BCUT2D eigenvalue weighted by molar-refractivity contribution is 6.36. The molecule has 0 unspecified atom stereocenters. The van der Waals surface area contributed by atoms with E-state index in [1.54, 1.807) is 0 Å². The van der Waals surface area contributed by atoms with Crippen LogP contribution in [-0.4, -0.2) is 4.98 Å². The lowest BCUT2D eigenvalue weighted by atomic mass is 10.00. The van der Waals surface area contributed by atoms with Gasteiger partial charge < -0.3 is 0 Å². The second-order valence-electron chi connectivity index (χ2n) is 5.33. The van der Waals surface area contributed by atoms with Gasteiger partial charge in [0.2, 0.25) is 0 Å². The van der Waals surface area contributed by atoms with E-state index >= 15 is 0 Å². The second kappa shape index (κ2) is 4.55. The van der Waals surface area contributed by atoms with Crippen LogP contribution in [0.25, 0.3) is 10.9 Å². The summed E-state index contributed by atoms with van der Waals surface area (Å²) in [5.74, 6) is 0. The molecule has 18 heavy (non-hydrogen) atoms. The van der Waals surface area contributed by atoms with Crippen LogP contribution in [0.4, 0.5) is 0 Å². The van der Waals surface area contributed by atoms with Crippen LogP contribution in [0.5, 0.6) is 0 Å². The number of hydrogen-bond donors (Lipinski definition) is 0. The third-order valence-corrected chi connectivity index (χ3v) is 4.43. The molecule has 0 bridgehead atoms. The Kier molecular flexibility index (Phi) is 3.03. The number of hydrogen-bond acceptors (Lipinski definition) is 1. The molecule has 0 fully saturated rings. The first kappa shape index (κ1) is 12.0. The van der Waals surface area contributed by atoms with Crippen molar-refractivity contribution in [1.29, 1.82) is 0 Å². The maximum absolute atomic E-state index is 6.67. The van der Waals surface area contributed by atoms with E-state index in [-0.39, 0.29) is 0 Å². The molecule has 0 radical (unpaired) electrons. The molecule has 1 nitrogen and oxygen atoms in total. The zero-order valence-corrected chi connectivity index (χ0v) is 11.8. The number of fused-ring (bicyclic) bond motifs is 2. The van der Waals surface area contributed by atoms with Crippen LogP contribution in [0.1, 0.15) is 41.6 Å². The minimum Gasteiger partial charge on any atom is -0.252 e. The fraction of sp³-hybridized carbons (Fsp3) is 0.438. The number of aryl methyl sites for hydroxylation is 3. The Hall–Kier alpha value is -1.08. The molecule has 1 aromatic carbocycles. The van der Waals surface area contributed by atoms with Crippen LogP contribution in [0.2, 0.25) is 5.02 Å². The molecule has 1 aliphatic carbocycles. The van der Waals surface area contributed by atoms with E-state index in [1.165, 1.54) is 41.6 Å². The van der Waals surface area contributed by atoms with Crippen molar-refractivity contribution < 1.29 is 0 Å². The zero-order chi connectivity index (χ0) is 12.7. The van der Waals surface area contributed by atoms with Gasteiger partial charge in [-0.05, 0) is 56.2 Å². The number of pyridine rings is 1. The summed E-state index contributed by atoms with van der Waals surface area (Å²) < 4.78 is 0. The fourth-order valence-electron chi connectivity index (χ4n) is 2.93. The van der Waals surface area contributed by atoms with Crippen molar-refractivity contribution in [2.24, 2.45) is 0 Å². The smallest absolute Gasteiger partial charge is 0.0752 e. The van der Waals surface area contributed by atoms with E-state index in [2.05, 4.69) is 26.0 Å². The van der Waals surface area contributed by atoms with Crippen molar-refractivity contribution in [1.82, 2.24) is 4.98 Å². The molecule has 3 rings (SSSR count). The summed E-state index contributed by atoms with van der Waals surface area (Å²) in [5, 5.41) is 2.12. The van der Waals surface area contributed by atoms with Gasteiger partial charge in [-0.25, -0.2) is 0 Å². The quantitative estimate of drug-likeness (QED) is 0.621. The van der Waals surface area contributed by atoms with E-state index in [1.807, 2.05) is 0 Å². The molecular formula is C16H18ClN. The first-order valence-corrected chi connectivity index (χ1v) is 7.13. The predicted octanol–water partition coefficient (Wildman–Crippen LogP) is 4.77. The van der Waals surface area contributed by atoms with Gasteiger partial charge in [0.15, 0.2) is 0 Å². The second-order valence-corrected chi connectivity index (χ2v) is 5.71. The van der Waals surface area contributed by atoms with Crippen LogP contribution < -0.4 is 0 Å². The molecular weight excluding hydrogens is 242 g/mol. The molecule has 1 aliphatic rings. The minimum atomic E-state index is 0.957. The summed E-state index contributed by atoms with van der Waals surface area (Å²) in [5.41, 5.74) is 6.10. The van der Waals surface area contributed by atoms with Gasteiger partial charge in [0.1, 0.15) is 0 Å². The summed E-state index contributed by atoms with van der Waals surface area (Å²) in [7, 11) is 0. The standard InChI is InChI=1S/C16H18ClN/c1-10-8-9-11(2)16-14(10)15(17)12-6-4-3-5-7-13(12)18-16/h8-9H,3-7H2,1-2H3. The van der Waals surface area contributed by atoms with Crippen LogP contribution in [0, 0.1) is 13.8 Å². The Bertz CT molecular complexity index is 616. The Morgan fingerprint density at radius 3 is 2.56 bits per heavy atom. The van der Waals surface area contributed by atoms with E-state index in [4.69, 9.17) is 16.6 Å². The lowest BCUT2D eigenvalue weighted by Crippen LogP contribution is -2.00. The molecule has 1 heterocycles. The zero-order valence-electron chi connectivity index (χ0n) is 11.0. The van der Waals surface area contributed by atoms with Gasteiger partial charge in [-0.1, -0.05) is 30.2 Å². The highest BCUT2D eigenvalue weighted by Crippen LogP contribution is 2.35. The summed E-state index contributed by atoms with van der Waals surface area (Å²) >= 11 is 6.67. The highest BCUT2D eigenvalue weighted by atomic mass is 35.5. The van der Waals surface area contributed by atoms with Crippen LogP contribution in [0.3, 0.4) is 0 Å². The average Bonchev–Trinajstić information content (AvgIpc) is 2.59. The molecule has 0 atom stereocenters. The first-order chi connectivity index (χ1) is 8.68. The molecule has 0 amide bonds. The number of benzene rings is 1. The average molecular weight is 260 g/mol. The summed E-state index contributed by atoms with van der Waals surface area (Å²) in [6.45, 7) is 4.24. The molecule has 0 saturated heterocycles. The van der Waals surface area contributed by atoms with E-state index in [0.29, 0.717) is 0 Å². The molecule has 0 N–H and O–H groups in total. The van der Waals surface area contributed by atoms with Crippen LogP contribution in [0.15, 0.2) is 12.1 Å². The normalized spacial score (nSPS) is 15.5.